The van der Waals surface area contributed by atoms with Gasteiger partial charge in [-0.3, -0.25) is 0 Å². The van der Waals surface area contributed by atoms with Crippen molar-refractivity contribution < 1.29 is 4.39 Å². The van der Waals surface area contributed by atoms with E-state index in [2.05, 4.69) is 16.5 Å². The van der Waals surface area contributed by atoms with Crippen LogP contribution in [0.4, 0.5) is 4.39 Å². The normalized spacial score (nSPS) is 20.3. The lowest BCUT2D eigenvalue weighted by Crippen LogP contribution is -2.20. The van der Waals surface area contributed by atoms with E-state index >= 15 is 0 Å². The standard InChI is InChI=1S/C25H20Cl5FN2S/c1-25(15-5-8-20(29)21(30)11-15)12-17(7-6-16(27)9-10-26)33-23(25)13-32-24(33)34-14-18-19(28)3-2-4-22(18)31/h2-9,11,13,17H,10,12,14H2,1H3. The summed E-state index contributed by atoms with van der Waals surface area (Å²) in [6, 6.07) is 10.4. The number of nitrogens with zero attached hydrogens (tertiary/aromatic N) is 2. The van der Waals surface area contributed by atoms with E-state index in [0.29, 0.717) is 37.3 Å². The van der Waals surface area contributed by atoms with E-state index in [-0.39, 0.29) is 17.3 Å². The predicted octanol–water partition coefficient (Wildman–Crippen LogP) is 9.44. The smallest absolute Gasteiger partial charge is 0.169 e. The number of halogens is 6. The van der Waals surface area contributed by atoms with Crippen LogP contribution in [0.1, 0.15) is 36.2 Å². The first-order valence-electron chi connectivity index (χ1n) is 10.4. The monoisotopic (exact) mass is 574 g/mol. The summed E-state index contributed by atoms with van der Waals surface area (Å²) in [6.45, 7) is 2.16. The second-order valence-electron chi connectivity index (χ2n) is 8.12. The van der Waals surface area contributed by atoms with Crippen molar-refractivity contribution in [2.45, 2.75) is 35.7 Å². The fourth-order valence-electron chi connectivity index (χ4n) is 4.20. The molecule has 2 aromatic carbocycles. The molecule has 0 amide bonds. The summed E-state index contributed by atoms with van der Waals surface area (Å²) >= 11 is 32.2. The van der Waals surface area contributed by atoms with Crippen molar-refractivity contribution >= 4 is 69.8 Å². The Balaban J connectivity index is 1.73. The van der Waals surface area contributed by atoms with Crippen LogP contribution in [0.3, 0.4) is 0 Å². The summed E-state index contributed by atoms with van der Waals surface area (Å²) in [5.41, 5.74) is 2.15. The minimum atomic E-state index is -0.368. The molecule has 1 aliphatic heterocycles. The van der Waals surface area contributed by atoms with Crippen LogP contribution in [-0.4, -0.2) is 15.4 Å². The van der Waals surface area contributed by atoms with E-state index in [1.165, 1.54) is 17.8 Å². The van der Waals surface area contributed by atoms with Gasteiger partial charge in [0.15, 0.2) is 5.16 Å². The Bertz CT molecular complexity index is 1250. The molecular weight excluding hydrogens is 557 g/mol. The first-order chi connectivity index (χ1) is 16.2. The van der Waals surface area contributed by atoms with Crippen LogP contribution in [-0.2, 0) is 11.2 Å². The van der Waals surface area contributed by atoms with Gasteiger partial charge in [-0.15, -0.1) is 11.6 Å². The molecular formula is C25H20Cl5FN2S. The van der Waals surface area contributed by atoms with E-state index in [1.54, 1.807) is 18.2 Å². The Morgan fingerprint density at radius 2 is 2.00 bits per heavy atom. The Morgan fingerprint density at radius 3 is 2.71 bits per heavy atom. The van der Waals surface area contributed by atoms with Gasteiger partial charge in [0.1, 0.15) is 5.82 Å². The van der Waals surface area contributed by atoms with Gasteiger partial charge >= 0.3 is 0 Å². The molecule has 0 saturated heterocycles. The molecule has 2 heterocycles. The topological polar surface area (TPSA) is 17.8 Å². The summed E-state index contributed by atoms with van der Waals surface area (Å²) in [7, 11) is 0. The zero-order valence-corrected chi connectivity index (χ0v) is 22.6. The molecule has 0 aliphatic carbocycles. The molecule has 0 bridgehead atoms. The average molecular weight is 577 g/mol. The summed E-state index contributed by atoms with van der Waals surface area (Å²) in [5.74, 6) is 0.355. The second kappa shape index (κ2) is 10.9. The molecule has 1 aromatic heterocycles. The lowest BCUT2D eigenvalue weighted by molar-refractivity contribution is 0.512. The quantitative estimate of drug-likeness (QED) is 0.158. The Labute approximate surface area is 227 Å². The van der Waals surface area contributed by atoms with Gasteiger partial charge in [-0.05, 0) is 49.2 Å². The molecule has 0 spiro atoms. The van der Waals surface area contributed by atoms with Gasteiger partial charge < -0.3 is 4.57 Å². The van der Waals surface area contributed by atoms with Gasteiger partial charge in [0.05, 0.1) is 22.3 Å². The zero-order valence-electron chi connectivity index (χ0n) is 18.0. The van der Waals surface area contributed by atoms with Gasteiger partial charge in [0.2, 0.25) is 0 Å². The zero-order chi connectivity index (χ0) is 24.5. The number of rotatable bonds is 7. The summed E-state index contributed by atoms with van der Waals surface area (Å²) in [4.78, 5) is 4.69. The molecule has 2 unspecified atom stereocenters. The first kappa shape index (κ1) is 25.9. The molecule has 3 aromatic rings. The highest BCUT2D eigenvalue weighted by atomic mass is 35.5. The van der Waals surface area contributed by atoms with Gasteiger partial charge in [0.25, 0.3) is 0 Å². The fourth-order valence-corrected chi connectivity index (χ4v) is 6.27. The highest BCUT2D eigenvalue weighted by Crippen LogP contribution is 2.49. The second-order valence-corrected chi connectivity index (χ2v) is 11.0. The van der Waals surface area contributed by atoms with E-state index in [0.717, 1.165) is 22.8 Å². The highest BCUT2D eigenvalue weighted by Gasteiger charge is 2.43. The molecule has 2 atom stereocenters. The van der Waals surface area contributed by atoms with E-state index in [9.17, 15) is 4.39 Å². The van der Waals surface area contributed by atoms with Crippen molar-refractivity contribution in [3.8, 4) is 0 Å². The highest BCUT2D eigenvalue weighted by molar-refractivity contribution is 7.98. The van der Waals surface area contributed by atoms with Gasteiger partial charge in [-0.1, -0.05) is 82.5 Å². The van der Waals surface area contributed by atoms with Gasteiger partial charge in [0, 0.05) is 38.4 Å². The number of hydrogen-bond donors (Lipinski definition) is 0. The van der Waals surface area contributed by atoms with Gasteiger partial charge in [-0.2, -0.15) is 0 Å². The number of fused-ring (bicyclic) bond motifs is 1. The van der Waals surface area contributed by atoms with Crippen molar-refractivity contribution in [2.75, 3.05) is 5.88 Å². The largest absolute Gasteiger partial charge is 0.315 e. The maximum Gasteiger partial charge on any atom is 0.169 e. The molecule has 178 valence electrons. The van der Waals surface area contributed by atoms with Crippen molar-refractivity contribution in [1.82, 2.24) is 9.55 Å². The maximum atomic E-state index is 14.3. The molecule has 0 N–H and O–H groups in total. The van der Waals surface area contributed by atoms with Crippen LogP contribution in [0.5, 0.6) is 0 Å². The Kier molecular flexibility index (Phi) is 8.28. The molecule has 1 aliphatic rings. The lowest BCUT2D eigenvalue weighted by atomic mass is 9.77. The van der Waals surface area contributed by atoms with Crippen molar-refractivity contribution in [1.29, 1.82) is 0 Å². The Hall–Kier alpha value is -1.14. The predicted molar refractivity (Wildman–Crippen MR) is 144 cm³/mol. The third kappa shape index (κ3) is 5.18. The third-order valence-electron chi connectivity index (χ3n) is 5.99. The van der Waals surface area contributed by atoms with Crippen molar-refractivity contribution in [2.24, 2.45) is 0 Å². The SMILES string of the molecule is CC1(c2ccc(Cl)c(Cl)c2)CC(C=CC(Cl)=CCCl)n2c1cnc2SCc1c(F)cccc1Cl. The number of benzene rings is 2. The first-order valence-corrected chi connectivity index (χ1v) is 13.5. The molecule has 0 saturated carbocycles. The number of hydrogen-bond acceptors (Lipinski definition) is 2. The van der Waals surface area contributed by atoms with Crippen LogP contribution in [0.15, 0.2) is 71.0 Å². The van der Waals surface area contributed by atoms with Crippen LogP contribution in [0.2, 0.25) is 15.1 Å². The van der Waals surface area contributed by atoms with E-state index < -0.39 is 0 Å². The summed E-state index contributed by atoms with van der Waals surface area (Å²) < 4.78 is 16.5. The van der Waals surface area contributed by atoms with E-state index in [1.807, 2.05) is 36.5 Å². The number of imidazole rings is 1. The number of allylic oxidation sites excluding steroid dienone is 4. The number of thioether (sulfide) groups is 1. The molecule has 34 heavy (non-hydrogen) atoms. The lowest BCUT2D eigenvalue weighted by Gasteiger charge is -2.24. The maximum absolute atomic E-state index is 14.3. The molecule has 0 fully saturated rings. The third-order valence-corrected chi connectivity index (χ3v) is 8.51. The van der Waals surface area contributed by atoms with Gasteiger partial charge in [-0.25, -0.2) is 9.37 Å². The van der Waals surface area contributed by atoms with Crippen LogP contribution in [0.25, 0.3) is 0 Å². The minimum absolute atomic E-state index is 0.0342. The van der Waals surface area contributed by atoms with Crippen LogP contribution >= 0.6 is 69.8 Å². The minimum Gasteiger partial charge on any atom is -0.315 e. The fraction of sp³-hybridized carbons (Fsp3) is 0.240. The molecule has 4 rings (SSSR count). The summed E-state index contributed by atoms with van der Waals surface area (Å²) in [5, 5.41) is 2.74. The van der Waals surface area contributed by atoms with Crippen molar-refractivity contribution in [3.05, 3.63) is 104 Å². The average Bonchev–Trinajstić information content (AvgIpc) is 3.34. The number of alkyl halides is 1. The molecule has 0 radical (unpaired) electrons. The van der Waals surface area contributed by atoms with Crippen molar-refractivity contribution in [3.63, 3.8) is 0 Å². The molecule has 2 nitrogen and oxygen atoms in total. The Morgan fingerprint density at radius 1 is 1.21 bits per heavy atom. The number of aromatic nitrogens is 2. The van der Waals surface area contributed by atoms with Crippen LogP contribution < -0.4 is 0 Å². The summed E-state index contributed by atoms with van der Waals surface area (Å²) in [6.07, 6.45) is 8.26. The molecule has 9 heteroatoms. The van der Waals surface area contributed by atoms with E-state index in [4.69, 9.17) is 58.0 Å². The van der Waals surface area contributed by atoms with Crippen LogP contribution in [0, 0.1) is 5.82 Å².